The molecule has 20 heavy (non-hydrogen) atoms. The molecule has 2 aromatic rings. The summed E-state index contributed by atoms with van der Waals surface area (Å²) in [5.74, 6) is 0. The number of anilines is 1. The Morgan fingerprint density at radius 1 is 1.10 bits per heavy atom. The molecule has 3 nitrogen and oxygen atoms in total. The molecule has 0 aromatic heterocycles. The third-order valence-corrected chi connectivity index (χ3v) is 3.23. The van der Waals surface area contributed by atoms with Gasteiger partial charge in [0.25, 0.3) is 0 Å². The van der Waals surface area contributed by atoms with Gasteiger partial charge in [-0.05, 0) is 36.8 Å². The van der Waals surface area contributed by atoms with Crippen molar-refractivity contribution in [1.82, 2.24) is 4.90 Å². The molecule has 104 valence electrons. The first-order valence-electron chi connectivity index (χ1n) is 6.32. The number of carbonyl (C=O) groups is 1. The van der Waals surface area contributed by atoms with E-state index in [1.165, 1.54) is 4.90 Å². The molecule has 2 amide bonds. The molecular weight excluding hydrogens is 272 g/mol. The zero-order valence-corrected chi connectivity index (χ0v) is 12.5. The predicted molar refractivity (Wildman–Crippen MR) is 84.3 cm³/mol. The van der Waals surface area contributed by atoms with Gasteiger partial charge in [0.1, 0.15) is 0 Å². The lowest BCUT2D eigenvalue weighted by Crippen LogP contribution is -2.27. The molecule has 0 radical (unpaired) electrons. The van der Waals surface area contributed by atoms with Crippen LogP contribution in [0.5, 0.6) is 0 Å². The first-order valence-corrected chi connectivity index (χ1v) is 6.70. The molecule has 2 aromatic carbocycles. The number of carbonyl (C=O) groups excluding carboxylic acids is 1. The second-order valence-electron chi connectivity index (χ2n) is 4.88. The van der Waals surface area contributed by atoms with Gasteiger partial charge in [-0.15, -0.1) is 0 Å². The molecule has 1 N–H and O–H groups in total. The van der Waals surface area contributed by atoms with E-state index in [0.29, 0.717) is 5.02 Å². The van der Waals surface area contributed by atoms with Crippen molar-refractivity contribution < 1.29 is 4.79 Å². The maximum atomic E-state index is 11.8. The van der Waals surface area contributed by atoms with Crippen LogP contribution in [0.15, 0.2) is 42.5 Å². The van der Waals surface area contributed by atoms with Crippen molar-refractivity contribution >= 4 is 23.3 Å². The molecule has 0 saturated heterocycles. The zero-order valence-electron chi connectivity index (χ0n) is 11.8. The molecule has 0 saturated carbocycles. The highest BCUT2D eigenvalue weighted by molar-refractivity contribution is 6.30. The highest BCUT2D eigenvalue weighted by Crippen LogP contribution is 2.30. The van der Waals surface area contributed by atoms with Crippen LogP contribution in [0.3, 0.4) is 0 Å². The topological polar surface area (TPSA) is 32.3 Å². The number of halogens is 1. The smallest absolute Gasteiger partial charge is 0.321 e. The minimum absolute atomic E-state index is 0.149. The number of hydrogen-bond acceptors (Lipinski definition) is 1. The lowest BCUT2D eigenvalue weighted by Gasteiger charge is -2.16. The predicted octanol–water partition coefficient (Wildman–Crippen LogP) is 4.41. The van der Waals surface area contributed by atoms with E-state index in [1.54, 1.807) is 14.1 Å². The number of amides is 2. The Balaban J connectivity index is 2.43. The molecule has 2 rings (SSSR count). The highest BCUT2D eigenvalue weighted by Gasteiger charge is 2.10. The molecule has 0 unspecified atom stereocenters. The molecule has 0 fully saturated rings. The SMILES string of the molecule is Cc1ccc(NC(=O)N(C)C)c(-c2ccc(Cl)cc2)c1. The lowest BCUT2D eigenvalue weighted by molar-refractivity contribution is 0.230. The van der Waals surface area contributed by atoms with E-state index in [1.807, 2.05) is 43.3 Å². The quantitative estimate of drug-likeness (QED) is 0.872. The summed E-state index contributed by atoms with van der Waals surface area (Å²) in [6, 6.07) is 13.4. The van der Waals surface area contributed by atoms with Gasteiger partial charge in [-0.1, -0.05) is 35.4 Å². The Bertz CT molecular complexity index is 621. The first-order chi connectivity index (χ1) is 9.47. The second-order valence-corrected chi connectivity index (χ2v) is 5.32. The Hall–Kier alpha value is -2.00. The molecule has 0 bridgehead atoms. The summed E-state index contributed by atoms with van der Waals surface area (Å²) in [5, 5.41) is 3.60. The Labute approximate surface area is 124 Å². The number of nitrogens with zero attached hydrogens (tertiary/aromatic N) is 1. The van der Waals surface area contributed by atoms with Crippen molar-refractivity contribution in [2.75, 3.05) is 19.4 Å². The lowest BCUT2D eigenvalue weighted by atomic mass is 10.0. The fourth-order valence-corrected chi connectivity index (χ4v) is 1.99. The van der Waals surface area contributed by atoms with Crippen molar-refractivity contribution in [3.05, 3.63) is 53.1 Å². The van der Waals surface area contributed by atoms with Gasteiger partial charge in [-0.2, -0.15) is 0 Å². The van der Waals surface area contributed by atoms with Crippen LogP contribution in [0.2, 0.25) is 5.02 Å². The summed E-state index contributed by atoms with van der Waals surface area (Å²) >= 11 is 5.92. The summed E-state index contributed by atoms with van der Waals surface area (Å²) in [4.78, 5) is 13.3. The van der Waals surface area contributed by atoms with Gasteiger partial charge in [-0.3, -0.25) is 0 Å². The van der Waals surface area contributed by atoms with Crippen molar-refractivity contribution in [2.24, 2.45) is 0 Å². The van der Waals surface area contributed by atoms with Crippen LogP contribution < -0.4 is 5.32 Å². The second kappa shape index (κ2) is 5.97. The number of nitrogens with one attached hydrogen (secondary N) is 1. The van der Waals surface area contributed by atoms with Gasteiger partial charge in [0, 0.05) is 24.7 Å². The van der Waals surface area contributed by atoms with Gasteiger partial charge in [-0.25, -0.2) is 4.79 Å². The molecule has 0 aliphatic carbocycles. The maximum Gasteiger partial charge on any atom is 0.321 e. The fraction of sp³-hybridized carbons (Fsp3) is 0.188. The van der Waals surface area contributed by atoms with Crippen molar-refractivity contribution in [3.8, 4) is 11.1 Å². The van der Waals surface area contributed by atoms with E-state index in [-0.39, 0.29) is 6.03 Å². The first kappa shape index (κ1) is 14.4. The van der Waals surface area contributed by atoms with E-state index < -0.39 is 0 Å². The van der Waals surface area contributed by atoms with Crippen LogP contribution in [0.25, 0.3) is 11.1 Å². The van der Waals surface area contributed by atoms with Gasteiger partial charge in [0.05, 0.1) is 5.69 Å². The van der Waals surface area contributed by atoms with E-state index >= 15 is 0 Å². The molecule has 4 heteroatoms. The van der Waals surface area contributed by atoms with Crippen LogP contribution in [0.4, 0.5) is 10.5 Å². The number of rotatable bonds is 2. The molecule has 0 aliphatic rings. The number of hydrogen-bond donors (Lipinski definition) is 1. The minimum atomic E-state index is -0.149. The van der Waals surface area contributed by atoms with Crippen LogP contribution in [0.1, 0.15) is 5.56 Å². The van der Waals surface area contributed by atoms with Gasteiger partial charge in [0.15, 0.2) is 0 Å². The van der Waals surface area contributed by atoms with E-state index in [2.05, 4.69) is 11.4 Å². The summed E-state index contributed by atoms with van der Waals surface area (Å²) in [5.41, 5.74) is 3.93. The Morgan fingerprint density at radius 2 is 1.75 bits per heavy atom. The van der Waals surface area contributed by atoms with E-state index in [4.69, 9.17) is 11.6 Å². The third kappa shape index (κ3) is 3.31. The van der Waals surface area contributed by atoms with Gasteiger partial charge in [0.2, 0.25) is 0 Å². The summed E-state index contributed by atoms with van der Waals surface area (Å²) in [6.07, 6.45) is 0. The molecular formula is C16H17ClN2O. The minimum Gasteiger partial charge on any atom is -0.331 e. The average Bonchev–Trinajstić information content (AvgIpc) is 2.41. The van der Waals surface area contributed by atoms with Crippen LogP contribution >= 0.6 is 11.6 Å². The summed E-state index contributed by atoms with van der Waals surface area (Å²) in [7, 11) is 3.43. The van der Waals surface area contributed by atoms with Gasteiger partial charge >= 0.3 is 6.03 Å². The highest BCUT2D eigenvalue weighted by atomic mass is 35.5. The number of benzene rings is 2. The van der Waals surface area contributed by atoms with Crippen molar-refractivity contribution in [3.63, 3.8) is 0 Å². The standard InChI is InChI=1S/C16H17ClN2O/c1-11-4-9-15(18-16(20)19(2)3)14(10-11)12-5-7-13(17)8-6-12/h4-10H,1-3H3,(H,18,20). The summed E-state index contributed by atoms with van der Waals surface area (Å²) < 4.78 is 0. The van der Waals surface area contributed by atoms with Gasteiger partial charge < -0.3 is 10.2 Å². The number of aryl methyl sites for hydroxylation is 1. The maximum absolute atomic E-state index is 11.8. The number of urea groups is 1. The van der Waals surface area contributed by atoms with E-state index in [9.17, 15) is 4.79 Å². The summed E-state index contributed by atoms with van der Waals surface area (Å²) in [6.45, 7) is 2.02. The van der Waals surface area contributed by atoms with Crippen LogP contribution in [0, 0.1) is 6.92 Å². The van der Waals surface area contributed by atoms with E-state index in [0.717, 1.165) is 22.4 Å². The third-order valence-electron chi connectivity index (χ3n) is 2.98. The average molecular weight is 289 g/mol. The monoisotopic (exact) mass is 288 g/mol. The Kier molecular flexibility index (Phi) is 4.30. The molecule has 0 heterocycles. The fourth-order valence-electron chi connectivity index (χ4n) is 1.86. The zero-order chi connectivity index (χ0) is 14.7. The van der Waals surface area contributed by atoms with Crippen LogP contribution in [-0.2, 0) is 0 Å². The largest absolute Gasteiger partial charge is 0.331 e. The normalized spacial score (nSPS) is 10.2. The molecule has 0 aliphatic heterocycles. The van der Waals surface area contributed by atoms with Crippen molar-refractivity contribution in [2.45, 2.75) is 6.92 Å². The molecule has 0 atom stereocenters. The van der Waals surface area contributed by atoms with Crippen molar-refractivity contribution in [1.29, 1.82) is 0 Å². The molecule has 0 spiro atoms. The van der Waals surface area contributed by atoms with Crippen LogP contribution in [-0.4, -0.2) is 25.0 Å². The Morgan fingerprint density at radius 3 is 2.35 bits per heavy atom.